The molecule has 5 nitrogen and oxygen atoms in total. The SMILES string of the molecule is Cc1csc(NC(=O)C(=O)c2cc(C)n(-c3ccc(C)c(C)c3)c2C)n1. The number of thiazole rings is 1. The van der Waals surface area contributed by atoms with Gasteiger partial charge in [-0.15, -0.1) is 11.3 Å². The minimum absolute atomic E-state index is 0.409. The number of anilines is 1. The van der Waals surface area contributed by atoms with Gasteiger partial charge in [0.1, 0.15) is 0 Å². The van der Waals surface area contributed by atoms with Crippen LogP contribution in [-0.2, 0) is 4.79 Å². The molecule has 0 radical (unpaired) electrons. The monoisotopic (exact) mass is 367 g/mol. The maximum absolute atomic E-state index is 12.6. The van der Waals surface area contributed by atoms with E-state index in [4.69, 9.17) is 0 Å². The largest absolute Gasteiger partial charge is 0.318 e. The molecule has 3 aromatic rings. The maximum atomic E-state index is 12.6. The molecule has 2 aromatic heterocycles. The molecule has 0 atom stereocenters. The van der Waals surface area contributed by atoms with Gasteiger partial charge in [0, 0.05) is 28.0 Å². The number of carbonyl (C=O) groups is 2. The van der Waals surface area contributed by atoms with Gasteiger partial charge in [-0.2, -0.15) is 0 Å². The first-order chi connectivity index (χ1) is 12.3. The third-order valence-electron chi connectivity index (χ3n) is 4.47. The molecule has 3 rings (SSSR count). The number of Topliss-reactive ketones (excluding diaryl/α,β-unsaturated/α-hetero) is 1. The van der Waals surface area contributed by atoms with Crippen molar-refractivity contribution in [3.63, 3.8) is 0 Å². The van der Waals surface area contributed by atoms with Gasteiger partial charge < -0.3 is 4.57 Å². The Kier molecular flexibility index (Phi) is 4.78. The first-order valence-corrected chi connectivity index (χ1v) is 9.20. The standard InChI is InChI=1S/C20H21N3O2S/c1-11-6-7-16(8-12(11)2)23-14(4)9-17(15(23)5)18(24)19(25)22-20-21-13(3)10-26-20/h6-10H,1-5H3,(H,21,22,25). The smallest absolute Gasteiger partial charge is 0.298 e. The van der Waals surface area contributed by atoms with Crippen molar-refractivity contribution in [2.75, 3.05) is 5.32 Å². The molecule has 0 saturated carbocycles. The molecule has 0 saturated heterocycles. The summed E-state index contributed by atoms with van der Waals surface area (Å²) in [6, 6.07) is 7.93. The van der Waals surface area contributed by atoms with Crippen LogP contribution in [0.15, 0.2) is 29.6 Å². The van der Waals surface area contributed by atoms with Crippen molar-refractivity contribution in [1.82, 2.24) is 9.55 Å². The highest BCUT2D eigenvalue weighted by molar-refractivity contribution is 7.14. The van der Waals surface area contributed by atoms with Gasteiger partial charge in [-0.3, -0.25) is 14.9 Å². The van der Waals surface area contributed by atoms with E-state index in [1.54, 1.807) is 6.07 Å². The number of carbonyl (C=O) groups excluding carboxylic acids is 2. The summed E-state index contributed by atoms with van der Waals surface area (Å²) < 4.78 is 2.00. The first kappa shape index (κ1) is 18.1. The van der Waals surface area contributed by atoms with Gasteiger partial charge in [0.15, 0.2) is 5.13 Å². The van der Waals surface area contributed by atoms with Crippen LogP contribution in [0.2, 0.25) is 0 Å². The van der Waals surface area contributed by atoms with Crippen LogP contribution in [-0.4, -0.2) is 21.2 Å². The second-order valence-electron chi connectivity index (χ2n) is 6.47. The third kappa shape index (κ3) is 3.32. The minimum Gasteiger partial charge on any atom is -0.318 e. The molecule has 134 valence electrons. The maximum Gasteiger partial charge on any atom is 0.298 e. The number of aromatic nitrogens is 2. The van der Waals surface area contributed by atoms with E-state index in [2.05, 4.69) is 36.3 Å². The second kappa shape index (κ2) is 6.88. The Balaban J connectivity index is 1.92. The van der Waals surface area contributed by atoms with E-state index in [1.165, 1.54) is 22.5 Å². The van der Waals surface area contributed by atoms with Crippen LogP contribution >= 0.6 is 11.3 Å². The van der Waals surface area contributed by atoms with Crippen LogP contribution in [0.1, 0.15) is 38.6 Å². The lowest BCUT2D eigenvalue weighted by molar-refractivity contribution is -0.112. The van der Waals surface area contributed by atoms with Gasteiger partial charge in [-0.1, -0.05) is 6.07 Å². The molecule has 0 unspecified atom stereocenters. The lowest BCUT2D eigenvalue weighted by Crippen LogP contribution is -2.23. The summed E-state index contributed by atoms with van der Waals surface area (Å²) in [5.41, 5.74) is 6.26. The van der Waals surface area contributed by atoms with E-state index >= 15 is 0 Å². The summed E-state index contributed by atoms with van der Waals surface area (Å²) in [7, 11) is 0. The topological polar surface area (TPSA) is 64.0 Å². The molecule has 0 fully saturated rings. The number of rotatable bonds is 4. The Morgan fingerprint density at radius 3 is 2.38 bits per heavy atom. The summed E-state index contributed by atoms with van der Waals surface area (Å²) >= 11 is 1.30. The van der Waals surface area contributed by atoms with Crippen molar-refractivity contribution in [1.29, 1.82) is 0 Å². The first-order valence-electron chi connectivity index (χ1n) is 8.32. The summed E-state index contributed by atoms with van der Waals surface area (Å²) in [5, 5.41) is 4.84. The Morgan fingerprint density at radius 1 is 1.04 bits per heavy atom. The van der Waals surface area contributed by atoms with Crippen molar-refractivity contribution in [2.24, 2.45) is 0 Å². The number of benzene rings is 1. The molecule has 26 heavy (non-hydrogen) atoms. The summed E-state index contributed by atoms with van der Waals surface area (Å²) in [6.07, 6.45) is 0. The average Bonchev–Trinajstić information content (AvgIpc) is 3.12. The van der Waals surface area contributed by atoms with Crippen molar-refractivity contribution < 1.29 is 9.59 Å². The number of aryl methyl sites for hydroxylation is 4. The lowest BCUT2D eigenvalue weighted by atomic mass is 10.1. The number of nitrogens with one attached hydrogen (secondary N) is 1. The predicted octanol–water partition coefficient (Wildman–Crippen LogP) is 4.30. The van der Waals surface area contributed by atoms with Crippen molar-refractivity contribution in [3.05, 3.63) is 63.4 Å². The van der Waals surface area contributed by atoms with Gasteiger partial charge in [-0.05, 0) is 63.9 Å². The normalized spacial score (nSPS) is 10.8. The molecule has 0 aliphatic heterocycles. The summed E-state index contributed by atoms with van der Waals surface area (Å²) in [6.45, 7) is 9.75. The number of hydrogen-bond donors (Lipinski definition) is 1. The summed E-state index contributed by atoms with van der Waals surface area (Å²) in [4.78, 5) is 29.1. The number of amides is 1. The molecule has 6 heteroatoms. The van der Waals surface area contributed by atoms with Gasteiger partial charge in [0.25, 0.3) is 11.7 Å². The van der Waals surface area contributed by atoms with Gasteiger partial charge in [0.05, 0.1) is 5.69 Å². The lowest BCUT2D eigenvalue weighted by Gasteiger charge is -2.12. The summed E-state index contributed by atoms with van der Waals surface area (Å²) in [5.74, 6) is -1.22. The number of ketones is 1. The van der Waals surface area contributed by atoms with E-state index in [0.29, 0.717) is 10.7 Å². The second-order valence-corrected chi connectivity index (χ2v) is 7.32. The molecule has 0 bridgehead atoms. The van der Waals surface area contributed by atoms with E-state index in [9.17, 15) is 9.59 Å². The van der Waals surface area contributed by atoms with Crippen LogP contribution in [0.4, 0.5) is 5.13 Å². The quantitative estimate of drug-likeness (QED) is 0.552. The fourth-order valence-corrected chi connectivity index (χ4v) is 3.63. The molecule has 0 aliphatic carbocycles. The van der Waals surface area contributed by atoms with Crippen molar-refractivity contribution >= 4 is 28.2 Å². The van der Waals surface area contributed by atoms with E-state index in [-0.39, 0.29) is 0 Å². The highest BCUT2D eigenvalue weighted by Crippen LogP contribution is 2.23. The van der Waals surface area contributed by atoms with Gasteiger partial charge in [-0.25, -0.2) is 4.98 Å². The third-order valence-corrected chi connectivity index (χ3v) is 5.35. The molecular weight excluding hydrogens is 346 g/mol. The van der Waals surface area contributed by atoms with Gasteiger partial charge >= 0.3 is 0 Å². The predicted molar refractivity (Wildman–Crippen MR) is 105 cm³/mol. The zero-order valence-electron chi connectivity index (χ0n) is 15.5. The Labute approximate surface area is 156 Å². The molecular formula is C20H21N3O2S. The molecule has 1 aromatic carbocycles. The molecule has 1 N–H and O–H groups in total. The Bertz CT molecular complexity index is 1010. The van der Waals surface area contributed by atoms with Crippen molar-refractivity contribution in [2.45, 2.75) is 34.6 Å². The molecule has 2 heterocycles. The minimum atomic E-state index is -0.667. The van der Waals surface area contributed by atoms with E-state index in [0.717, 1.165) is 22.8 Å². The zero-order chi connectivity index (χ0) is 19.0. The van der Waals surface area contributed by atoms with Crippen LogP contribution in [0.3, 0.4) is 0 Å². The Hall–Kier alpha value is -2.73. The van der Waals surface area contributed by atoms with E-state index in [1.807, 2.05) is 36.8 Å². The molecule has 0 aliphatic rings. The van der Waals surface area contributed by atoms with Crippen LogP contribution < -0.4 is 5.32 Å². The van der Waals surface area contributed by atoms with Crippen LogP contribution in [0.25, 0.3) is 5.69 Å². The highest BCUT2D eigenvalue weighted by atomic mass is 32.1. The van der Waals surface area contributed by atoms with Crippen LogP contribution in [0.5, 0.6) is 0 Å². The fourth-order valence-electron chi connectivity index (χ4n) is 2.94. The van der Waals surface area contributed by atoms with Crippen LogP contribution in [0, 0.1) is 34.6 Å². The number of nitrogens with zero attached hydrogens (tertiary/aromatic N) is 2. The zero-order valence-corrected chi connectivity index (χ0v) is 16.3. The molecule has 1 amide bonds. The Morgan fingerprint density at radius 2 is 1.77 bits per heavy atom. The van der Waals surface area contributed by atoms with Gasteiger partial charge in [0.2, 0.25) is 0 Å². The fraction of sp³-hybridized carbons (Fsp3) is 0.250. The number of hydrogen-bond acceptors (Lipinski definition) is 4. The average molecular weight is 367 g/mol. The van der Waals surface area contributed by atoms with E-state index < -0.39 is 11.7 Å². The van der Waals surface area contributed by atoms with Crippen molar-refractivity contribution in [3.8, 4) is 5.69 Å². The highest BCUT2D eigenvalue weighted by Gasteiger charge is 2.23. The molecule has 0 spiro atoms.